The Hall–Kier alpha value is -2.42. The third kappa shape index (κ3) is 3.50. The van der Waals surface area contributed by atoms with Crippen molar-refractivity contribution in [2.24, 2.45) is 0 Å². The molecule has 0 saturated carbocycles. The van der Waals surface area contributed by atoms with Gasteiger partial charge in [-0.3, -0.25) is 10.1 Å². The highest BCUT2D eigenvalue weighted by Crippen LogP contribution is 2.32. The first kappa shape index (κ1) is 15.5. The van der Waals surface area contributed by atoms with E-state index < -0.39 is 11.7 Å². The van der Waals surface area contributed by atoms with E-state index in [2.05, 4.69) is 25.9 Å². The van der Waals surface area contributed by atoms with Crippen molar-refractivity contribution in [2.75, 3.05) is 18.4 Å². The van der Waals surface area contributed by atoms with Crippen LogP contribution in [0.25, 0.3) is 10.9 Å². The molecule has 1 aromatic carbocycles. The number of carbonyl (C=O) groups is 1. The Morgan fingerprint density at radius 3 is 2.78 bits per heavy atom. The number of carbonyl (C=O) groups excluding carboxylic acids is 1. The second-order valence-corrected chi connectivity index (χ2v) is 5.17. The summed E-state index contributed by atoms with van der Waals surface area (Å²) in [7, 11) is 0. The number of hydrogen-bond acceptors (Lipinski definition) is 5. The molecule has 3 N–H and O–H groups in total. The molecule has 1 aliphatic rings. The fraction of sp³-hybridized carbons (Fsp3) is 0.357. The summed E-state index contributed by atoms with van der Waals surface area (Å²) >= 11 is 0. The van der Waals surface area contributed by atoms with Crippen LogP contribution in [0.5, 0.6) is 0 Å². The Labute approximate surface area is 129 Å². The van der Waals surface area contributed by atoms with E-state index >= 15 is 0 Å². The largest absolute Gasteiger partial charge is 0.416 e. The van der Waals surface area contributed by atoms with Crippen molar-refractivity contribution in [2.45, 2.75) is 18.8 Å². The molecule has 1 fully saturated rings. The number of hydrogen-bond donors (Lipinski definition) is 3. The number of anilines is 1. The maximum atomic E-state index is 12.8. The summed E-state index contributed by atoms with van der Waals surface area (Å²) in [6.45, 7) is 0.773. The van der Waals surface area contributed by atoms with Crippen molar-refractivity contribution in [1.29, 1.82) is 0 Å². The van der Waals surface area contributed by atoms with E-state index in [1.54, 1.807) is 0 Å². The number of amides is 1. The molecule has 1 aliphatic heterocycles. The van der Waals surface area contributed by atoms with Crippen LogP contribution < -0.4 is 16.0 Å². The fourth-order valence-electron chi connectivity index (χ4n) is 2.20. The molecule has 0 radical (unpaired) electrons. The molecule has 2 heterocycles. The fourth-order valence-corrected chi connectivity index (χ4v) is 2.20. The standard InChI is InChI=1S/C14H14F3N5O/c15-14(16,17)8-1-2-10-9(5-8)13(21-7-20-10)19-6-12(23)22-11-3-4-18-11/h1-2,5,7,11,18H,3-4,6H2,(H,22,23)(H,19,20,21). The monoisotopic (exact) mass is 325 g/mol. The lowest BCUT2D eigenvalue weighted by Gasteiger charge is -2.28. The summed E-state index contributed by atoms with van der Waals surface area (Å²) in [5, 5.41) is 8.73. The van der Waals surface area contributed by atoms with Crippen LogP contribution in [0.15, 0.2) is 24.5 Å². The van der Waals surface area contributed by atoms with Crippen LogP contribution in [0.4, 0.5) is 19.0 Å². The molecule has 0 bridgehead atoms. The van der Waals surface area contributed by atoms with Crippen LogP contribution in [0.2, 0.25) is 0 Å². The molecule has 3 rings (SSSR count). The van der Waals surface area contributed by atoms with Gasteiger partial charge in [0.15, 0.2) is 0 Å². The SMILES string of the molecule is O=C(CNc1ncnc2ccc(C(F)(F)F)cc12)NC1CCN1. The number of nitrogens with one attached hydrogen (secondary N) is 3. The smallest absolute Gasteiger partial charge is 0.360 e. The average molecular weight is 325 g/mol. The summed E-state index contributed by atoms with van der Waals surface area (Å²) in [6.07, 6.45) is -2.39. The molecule has 9 heteroatoms. The normalized spacial score (nSPS) is 17.6. The molecule has 23 heavy (non-hydrogen) atoms. The molecular weight excluding hydrogens is 311 g/mol. The lowest BCUT2D eigenvalue weighted by molar-refractivity contribution is -0.137. The van der Waals surface area contributed by atoms with Gasteiger partial charge in [-0.15, -0.1) is 0 Å². The van der Waals surface area contributed by atoms with E-state index in [-0.39, 0.29) is 29.8 Å². The minimum atomic E-state index is -4.45. The van der Waals surface area contributed by atoms with Crippen LogP contribution in [-0.2, 0) is 11.0 Å². The molecular formula is C14H14F3N5O. The van der Waals surface area contributed by atoms with E-state index in [9.17, 15) is 18.0 Å². The predicted molar refractivity (Wildman–Crippen MR) is 77.6 cm³/mol. The van der Waals surface area contributed by atoms with Gasteiger partial charge in [0.2, 0.25) is 5.91 Å². The Bertz CT molecular complexity index is 730. The van der Waals surface area contributed by atoms with Crippen molar-refractivity contribution >= 4 is 22.6 Å². The summed E-state index contributed by atoms with van der Waals surface area (Å²) in [6, 6.07) is 3.22. The van der Waals surface area contributed by atoms with Crippen molar-refractivity contribution in [3.05, 3.63) is 30.1 Å². The van der Waals surface area contributed by atoms with Gasteiger partial charge in [0.05, 0.1) is 23.8 Å². The molecule has 6 nitrogen and oxygen atoms in total. The van der Waals surface area contributed by atoms with Gasteiger partial charge in [0.25, 0.3) is 0 Å². The third-order valence-corrected chi connectivity index (χ3v) is 3.54. The second-order valence-electron chi connectivity index (χ2n) is 5.17. The Morgan fingerprint density at radius 1 is 1.35 bits per heavy atom. The quantitative estimate of drug-likeness (QED) is 0.794. The minimum Gasteiger partial charge on any atom is -0.360 e. The molecule has 1 amide bonds. The number of halogens is 3. The van der Waals surface area contributed by atoms with Gasteiger partial charge in [-0.2, -0.15) is 13.2 Å². The first-order valence-corrected chi connectivity index (χ1v) is 7.02. The van der Waals surface area contributed by atoms with E-state index in [1.165, 1.54) is 12.4 Å². The van der Waals surface area contributed by atoms with E-state index in [0.29, 0.717) is 5.52 Å². The lowest BCUT2D eigenvalue weighted by atomic mass is 10.1. The average Bonchev–Trinajstić information content (AvgIpc) is 2.47. The highest BCUT2D eigenvalue weighted by Gasteiger charge is 2.30. The Balaban J connectivity index is 1.77. The number of fused-ring (bicyclic) bond motifs is 1. The van der Waals surface area contributed by atoms with Gasteiger partial charge < -0.3 is 10.6 Å². The lowest BCUT2D eigenvalue weighted by Crippen LogP contribution is -2.55. The first-order valence-electron chi connectivity index (χ1n) is 7.02. The maximum absolute atomic E-state index is 12.8. The highest BCUT2D eigenvalue weighted by molar-refractivity contribution is 5.91. The van der Waals surface area contributed by atoms with Gasteiger partial charge >= 0.3 is 6.18 Å². The van der Waals surface area contributed by atoms with Crippen molar-refractivity contribution in [3.8, 4) is 0 Å². The summed E-state index contributed by atoms with van der Waals surface area (Å²) in [4.78, 5) is 19.6. The zero-order valence-electron chi connectivity index (χ0n) is 11.9. The van der Waals surface area contributed by atoms with E-state index in [1.807, 2.05) is 0 Å². The molecule has 0 aliphatic carbocycles. The summed E-state index contributed by atoms with van der Waals surface area (Å²) < 4.78 is 38.5. The molecule has 1 aromatic heterocycles. The molecule has 1 unspecified atom stereocenters. The van der Waals surface area contributed by atoms with Gasteiger partial charge in [-0.1, -0.05) is 0 Å². The van der Waals surface area contributed by atoms with Crippen LogP contribution >= 0.6 is 0 Å². The zero-order valence-corrected chi connectivity index (χ0v) is 11.9. The van der Waals surface area contributed by atoms with Gasteiger partial charge in [0.1, 0.15) is 12.1 Å². The topological polar surface area (TPSA) is 78.9 Å². The first-order chi connectivity index (χ1) is 10.9. The number of benzene rings is 1. The van der Waals surface area contributed by atoms with E-state index in [4.69, 9.17) is 0 Å². The second kappa shape index (κ2) is 5.99. The van der Waals surface area contributed by atoms with Gasteiger partial charge in [-0.25, -0.2) is 9.97 Å². The molecule has 122 valence electrons. The molecule has 1 saturated heterocycles. The Morgan fingerprint density at radius 2 is 2.13 bits per heavy atom. The summed E-state index contributed by atoms with van der Waals surface area (Å²) in [5.41, 5.74) is -0.414. The number of rotatable bonds is 4. The molecule has 1 atom stereocenters. The van der Waals surface area contributed by atoms with Crippen LogP contribution in [0, 0.1) is 0 Å². The van der Waals surface area contributed by atoms with Crippen molar-refractivity contribution in [3.63, 3.8) is 0 Å². The van der Waals surface area contributed by atoms with Gasteiger partial charge in [0, 0.05) is 11.9 Å². The third-order valence-electron chi connectivity index (χ3n) is 3.54. The van der Waals surface area contributed by atoms with E-state index in [0.717, 1.165) is 25.1 Å². The van der Waals surface area contributed by atoms with Crippen LogP contribution in [0.3, 0.4) is 0 Å². The highest BCUT2D eigenvalue weighted by atomic mass is 19.4. The van der Waals surface area contributed by atoms with Crippen LogP contribution in [-0.4, -0.2) is 35.1 Å². The number of aromatic nitrogens is 2. The number of alkyl halides is 3. The van der Waals surface area contributed by atoms with Gasteiger partial charge in [-0.05, 0) is 24.6 Å². The van der Waals surface area contributed by atoms with Crippen molar-refractivity contribution in [1.82, 2.24) is 20.6 Å². The maximum Gasteiger partial charge on any atom is 0.416 e. The molecule has 0 spiro atoms. The predicted octanol–water partition coefficient (Wildman–Crippen LogP) is 1.50. The summed E-state index contributed by atoms with van der Waals surface area (Å²) in [5.74, 6) is -0.0706. The van der Waals surface area contributed by atoms with Crippen molar-refractivity contribution < 1.29 is 18.0 Å². The number of nitrogens with zero attached hydrogens (tertiary/aromatic N) is 2. The van der Waals surface area contributed by atoms with Crippen LogP contribution in [0.1, 0.15) is 12.0 Å². The zero-order chi connectivity index (χ0) is 16.4. The Kier molecular flexibility index (Phi) is 4.03. The molecule has 2 aromatic rings. The minimum absolute atomic E-state index is 0.0386.